The van der Waals surface area contributed by atoms with Gasteiger partial charge in [0.2, 0.25) is 0 Å². The van der Waals surface area contributed by atoms with Gasteiger partial charge in [-0.05, 0) is 36.8 Å². The van der Waals surface area contributed by atoms with Crippen molar-refractivity contribution in [1.82, 2.24) is 14.5 Å². The maximum absolute atomic E-state index is 6.87. The van der Waals surface area contributed by atoms with Crippen molar-refractivity contribution >= 4 is 33.0 Å². The topological polar surface area (TPSA) is 47.7 Å². The standard InChI is InChI=1S/C34H37N4O/c1-20-17-18-22-21-13-12-14-23(24-19-27(33(2,3)4)36-32(35-24)34(5,6)7)29(21)39-30(22)28(20)31-37(8)25-15-10-11-16-26(25)38(31)9/h10-19H,1-9H3/q+1. The van der Waals surface area contributed by atoms with E-state index in [1.165, 1.54) is 16.6 Å². The summed E-state index contributed by atoms with van der Waals surface area (Å²) >= 11 is 0. The highest BCUT2D eigenvalue weighted by molar-refractivity contribution is 6.13. The fourth-order valence-electron chi connectivity index (χ4n) is 5.56. The molecular weight excluding hydrogens is 480 g/mol. The van der Waals surface area contributed by atoms with Crippen molar-refractivity contribution in [2.24, 2.45) is 14.1 Å². The second-order valence-electron chi connectivity index (χ2n) is 12.8. The van der Waals surface area contributed by atoms with E-state index in [1.807, 2.05) is 0 Å². The predicted octanol–water partition coefficient (Wildman–Crippen LogP) is 7.93. The average molecular weight is 518 g/mol. The highest BCUT2D eigenvalue weighted by Crippen LogP contribution is 2.41. The molecule has 0 saturated carbocycles. The summed E-state index contributed by atoms with van der Waals surface area (Å²) < 4.78 is 11.4. The molecule has 0 unspecified atom stereocenters. The van der Waals surface area contributed by atoms with E-state index in [-0.39, 0.29) is 10.8 Å². The molecule has 0 aliphatic heterocycles. The molecule has 3 heterocycles. The molecule has 0 saturated heterocycles. The van der Waals surface area contributed by atoms with E-state index in [4.69, 9.17) is 14.4 Å². The number of hydrogen-bond donors (Lipinski definition) is 0. The number of fused-ring (bicyclic) bond motifs is 4. The third-order valence-electron chi connectivity index (χ3n) is 7.78. The Balaban J connectivity index is 1.67. The van der Waals surface area contributed by atoms with E-state index < -0.39 is 0 Å². The number of aryl methyl sites for hydroxylation is 3. The van der Waals surface area contributed by atoms with E-state index in [2.05, 4.69) is 132 Å². The van der Waals surface area contributed by atoms with Crippen LogP contribution in [0.3, 0.4) is 0 Å². The van der Waals surface area contributed by atoms with Gasteiger partial charge in [0.05, 0.1) is 25.5 Å². The third kappa shape index (κ3) is 3.94. The molecule has 3 aromatic heterocycles. The first-order valence-electron chi connectivity index (χ1n) is 13.7. The summed E-state index contributed by atoms with van der Waals surface area (Å²) in [6.45, 7) is 15.3. The second-order valence-corrected chi connectivity index (χ2v) is 12.8. The molecule has 3 aromatic carbocycles. The number of hydrogen-bond acceptors (Lipinski definition) is 3. The lowest BCUT2D eigenvalue weighted by Crippen LogP contribution is -2.30. The van der Waals surface area contributed by atoms with Crippen LogP contribution < -0.4 is 4.57 Å². The number of para-hydroxylation sites is 3. The lowest BCUT2D eigenvalue weighted by atomic mass is 9.89. The minimum atomic E-state index is -0.175. The first-order chi connectivity index (χ1) is 18.4. The van der Waals surface area contributed by atoms with Gasteiger partial charge in [-0.1, -0.05) is 77.9 Å². The molecular formula is C34H37N4O+. The average Bonchev–Trinajstić information content (AvgIpc) is 3.38. The van der Waals surface area contributed by atoms with E-state index in [0.29, 0.717) is 0 Å². The number of aromatic nitrogens is 4. The Hall–Kier alpha value is -3.99. The zero-order chi connectivity index (χ0) is 27.9. The van der Waals surface area contributed by atoms with Crippen LogP contribution in [0, 0.1) is 6.92 Å². The molecule has 0 radical (unpaired) electrons. The predicted molar refractivity (Wildman–Crippen MR) is 160 cm³/mol. The van der Waals surface area contributed by atoms with E-state index >= 15 is 0 Å². The van der Waals surface area contributed by atoms with Gasteiger partial charge >= 0.3 is 0 Å². The summed E-state index contributed by atoms with van der Waals surface area (Å²) in [5.74, 6) is 1.96. The quantitative estimate of drug-likeness (QED) is 0.219. The van der Waals surface area contributed by atoms with Crippen molar-refractivity contribution in [3.63, 3.8) is 0 Å². The van der Waals surface area contributed by atoms with Crippen LogP contribution in [0.1, 0.15) is 58.6 Å². The maximum atomic E-state index is 6.87. The van der Waals surface area contributed by atoms with Crippen LogP contribution in [0.15, 0.2) is 65.1 Å². The summed E-state index contributed by atoms with van der Waals surface area (Å²) in [7, 11) is 4.26. The molecule has 0 spiro atoms. The van der Waals surface area contributed by atoms with Crippen molar-refractivity contribution in [3.05, 3.63) is 77.7 Å². The van der Waals surface area contributed by atoms with Gasteiger partial charge in [-0.2, -0.15) is 0 Å². The molecule has 0 aliphatic carbocycles. The first-order valence-corrected chi connectivity index (χ1v) is 13.7. The van der Waals surface area contributed by atoms with Gasteiger partial charge in [0, 0.05) is 27.2 Å². The van der Waals surface area contributed by atoms with Crippen LogP contribution in [0.25, 0.3) is 55.6 Å². The normalized spacial score (nSPS) is 12.7. The largest absolute Gasteiger partial charge is 0.454 e. The second kappa shape index (κ2) is 8.51. The van der Waals surface area contributed by atoms with Crippen LogP contribution in [-0.4, -0.2) is 14.5 Å². The molecule has 0 N–H and O–H groups in total. The Morgan fingerprint density at radius 3 is 2.21 bits per heavy atom. The van der Waals surface area contributed by atoms with Crippen LogP contribution in [0.5, 0.6) is 0 Å². The number of benzene rings is 3. The summed E-state index contributed by atoms with van der Waals surface area (Å²) in [6, 6.07) is 21.4. The molecule has 198 valence electrons. The third-order valence-corrected chi connectivity index (χ3v) is 7.78. The van der Waals surface area contributed by atoms with Crippen molar-refractivity contribution in [1.29, 1.82) is 0 Å². The Bertz CT molecular complexity index is 1840. The molecule has 0 atom stereocenters. The number of imidazole rings is 1. The van der Waals surface area contributed by atoms with Crippen molar-refractivity contribution < 1.29 is 8.98 Å². The van der Waals surface area contributed by atoms with Gasteiger partial charge in [0.25, 0.3) is 5.82 Å². The smallest absolute Gasteiger partial charge is 0.293 e. The summed E-state index contributed by atoms with van der Waals surface area (Å²) in [5.41, 5.74) is 9.08. The van der Waals surface area contributed by atoms with Crippen molar-refractivity contribution in [3.8, 4) is 22.6 Å². The number of nitrogens with zero attached hydrogens (tertiary/aromatic N) is 4. The maximum Gasteiger partial charge on any atom is 0.293 e. The molecule has 0 fully saturated rings. The van der Waals surface area contributed by atoms with Gasteiger partial charge in [0.15, 0.2) is 16.6 Å². The SMILES string of the molecule is Cc1ccc2c(oc3c(-c4cc(C(C)(C)C)nc(C(C)(C)C)n4)cccc32)c1-c1n(C)c2ccccc2[n+]1C. The van der Waals surface area contributed by atoms with Gasteiger partial charge in [0.1, 0.15) is 17.0 Å². The van der Waals surface area contributed by atoms with Crippen LogP contribution in [-0.2, 0) is 24.9 Å². The van der Waals surface area contributed by atoms with E-state index in [9.17, 15) is 0 Å². The highest BCUT2D eigenvalue weighted by Gasteiger charge is 2.29. The summed E-state index contributed by atoms with van der Waals surface area (Å²) in [6.07, 6.45) is 0. The molecule has 6 aromatic rings. The number of furan rings is 1. The zero-order valence-electron chi connectivity index (χ0n) is 24.5. The monoisotopic (exact) mass is 517 g/mol. The molecule has 0 amide bonds. The Morgan fingerprint density at radius 2 is 1.51 bits per heavy atom. The zero-order valence-corrected chi connectivity index (χ0v) is 24.5. The van der Waals surface area contributed by atoms with Crippen LogP contribution in [0.2, 0.25) is 0 Å². The number of rotatable bonds is 2. The molecule has 5 nitrogen and oxygen atoms in total. The minimum absolute atomic E-state index is 0.104. The van der Waals surface area contributed by atoms with Crippen LogP contribution in [0.4, 0.5) is 0 Å². The Morgan fingerprint density at radius 1 is 0.795 bits per heavy atom. The van der Waals surface area contributed by atoms with Crippen molar-refractivity contribution in [2.45, 2.75) is 59.3 Å². The molecule has 39 heavy (non-hydrogen) atoms. The lowest BCUT2D eigenvalue weighted by molar-refractivity contribution is -0.634. The van der Waals surface area contributed by atoms with Gasteiger partial charge in [-0.15, -0.1) is 0 Å². The van der Waals surface area contributed by atoms with Gasteiger partial charge in [-0.3, -0.25) is 0 Å². The lowest BCUT2D eigenvalue weighted by Gasteiger charge is -2.23. The highest BCUT2D eigenvalue weighted by atomic mass is 16.3. The van der Waals surface area contributed by atoms with Crippen molar-refractivity contribution in [2.75, 3.05) is 0 Å². The summed E-state index contributed by atoms with van der Waals surface area (Å²) in [4.78, 5) is 10.1. The first kappa shape index (κ1) is 25.3. The molecule has 0 bridgehead atoms. The van der Waals surface area contributed by atoms with Gasteiger partial charge < -0.3 is 4.42 Å². The summed E-state index contributed by atoms with van der Waals surface area (Å²) in [5, 5.41) is 2.21. The van der Waals surface area contributed by atoms with E-state index in [0.717, 1.165) is 56.1 Å². The molecule has 6 rings (SSSR count). The Kier molecular flexibility index (Phi) is 5.52. The fraction of sp³-hybridized carbons (Fsp3) is 0.324. The van der Waals surface area contributed by atoms with Gasteiger partial charge in [-0.25, -0.2) is 19.1 Å². The minimum Gasteiger partial charge on any atom is -0.454 e. The van der Waals surface area contributed by atoms with Crippen LogP contribution >= 0.6 is 0 Å². The van der Waals surface area contributed by atoms with E-state index in [1.54, 1.807) is 0 Å². The molecule has 5 heteroatoms. The molecule has 0 aliphatic rings. The Labute approximate surface area is 230 Å². The fourth-order valence-corrected chi connectivity index (χ4v) is 5.56.